The van der Waals surface area contributed by atoms with Gasteiger partial charge >= 0.3 is 0 Å². The molecular weight excluding hydrogens is 165 g/mol. The molecule has 1 aromatic carbocycles. The van der Waals surface area contributed by atoms with E-state index in [-0.39, 0.29) is 5.92 Å². The van der Waals surface area contributed by atoms with Crippen LogP contribution in [-0.2, 0) is 5.67 Å². The average Bonchev–Trinajstić information content (AvgIpc) is 2.04. The van der Waals surface area contributed by atoms with E-state index in [2.05, 4.69) is 0 Å². The third-order valence-electron chi connectivity index (χ3n) is 2.54. The van der Waals surface area contributed by atoms with Crippen molar-refractivity contribution in [1.82, 2.24) is 0 Å². The highest BCUT2D eigenvalue weighted by atomic mass is 19.1. The molecule has 0 saturated carbocycles. The molecule has 0 heterocycles. The van der Waals surface area contributed by atoms with Crippen LogP contribution in [0.3, 0.4) is 0 Å². The van der Waals surface area contributed by atoms with Gasteiger partial charge in [0.1, 0.15) is 5.67 Å². The Bertz CT molecular complexity index is 292. The number of alkyl halides is 1. The Balaban J connectivity index is 3.07. The molecule has 0 fully saturated rings. The Labute approximate surface area is 78.8 Å². The van der Waals surface area contributed by atoms with Crippen molar-refractivity contribution in [2.75, 3.05) is 5.73 Å². The van der Waals surface area contributed by atoms with Crippen LogP contribution in [0.15, 0.2) is 24.3 Å². The van der Waals surface area contributed by atoms with E-state index in [1.165, 1.54) is 0 Å². The lowest BCUT2D eigenvalue weighted by Gasteiger charge is -2.25. The highest BCUT2D eigenvalue weighted by molar-refractivity contribution is 5.42. The second-order valence-corrected chi connectivity index (χ2v) is 3.86. The van der Waals surface area contributed by atoms with Crippen molar-refractivity contribution in [1.29, 1.82) is 0 Å². The molecule has 0 saturated heterocycles. The van der Waals surface area contributed by atoms with E-state index in [1.54, 1.807) is 31.2 Å². The molecule has 0 bridgehead atoms. The zero-order valence-corrected chi connectivity index (χ0v) is 8.34. The van der Waals surface area contributed by atoms with Crippen LogP contribution in [0, 0.1) is 5.92 Å². The summed E-state index contributed by atoms with van der Waals surface area (Å²) in [7, 11) is 0. The third-order valence-corrected chi connectivity index (χ3v) is 2.54. The van der Waals surface area contributed by atoms with Crippen molar-refractivity contribution >= 4 is 5.69 Å². The molecule has 0 amide bonds. The van der Waals surface area contributed by atoms with Gasteiger partial charge < -0.3 is 5.73 Å². The molecule has 1 unspecified atom stereocenters. The Kier molecular flexibility index (Phi) is 2.60. The summed E-state index contributed by atoms with van der Waals surface area (Å²) >= 11 is 0. The van der Waals surface area contributed by atoms with Gasteiger partial charge in [-0.3, -0.25) is 0 Å². The van der Waals surface area contributed by atoms with Crippen molar-refractivity contribution in [2.45, 2.75) is 26.4 Å². The Morgan fingerprint density at radius 3 is 2.46 bits per heavy atom. The lowest BCUT2D eigenvalue weighted by molar-refractivity contribution is 0.123. The van der Waals surface area contributed by atoms with Crippen LogP contribution in [0.1, 0.15) is 26.3 Å². The van der Waals surface area contributed by atoms with Crippen molar-refractivity contribution in [2.24, 2.45) is 5.92 Å². The zero-order chi connectivity index (χ0) is 10.1. The number of hydrogen-bond acceptors (Lipinski definition) is 1. The second kappa shape index (κ2) is 3.36. The molecule has 1 atom stereocenters. The highest BCUT2D eigenvalue weighted by Gasteiger charge is 2.29. The largest absolute Gasteiger partial charge is 0.399 e. The predicted octanol–water partition coefficient (Wildman–Crippen LogP) is 3.11. The summed E-state index contributed by atoms with van der Waals surface area (Å²) in [6.07, 6.45) is 0. The van der Waals surface area contributed by atoms with Gasteiger partial charge in [-0.05, 0) is 30.5 Å². The van der Waals surface area contributed by atoms with E-state index < -0.39 is 5.67 Å². The fourth-order valence-electron chi connectivity index (χ4n) is 1.18. The fourth-order valence-corrected chi connectivity index (χ4v) is 1.18. The number of benzene rings is 1. The molecule has 1 aromatic rings. The number of anilines is 1. The van der Waals surface area contributed by atoms with E-state index in [0.717, 1.165) is 0 Å². The minimum absolute atomic E-state index is 0.0469. The Hall–Kier alpha value is -1.05. The van der Waals surface area contributed by atoms with Gasteiger partial charge in [-0.15, -0.1) is 0 Å². The van der Waals surface area contributed by atoms with Crippen molar-refractivity contribution in [3.8, 4) is 0 Å². The smallest absolute Gasteiger partial charge is 0.135 e. The molecule has 0 radical (unpaired) electrons. The van der Waals surface area contributed by atoms with Gasteiger partial charge in [0, 0.05) is 5.69 Å². The lowest BCUT2D eigenvalue weighted by atomic mass is 9.87. The van der Waals surface area contributed by atoms with Gasteiger partial charge in [-0.2, -0.15) is 0 Å². The zero-order valence-electron chi connectivity index (χ0n) is 8.34. The molecular formula is C11H16FN. The number of hydrogen-bond donors (Lipinski definition) is 1. The van der Waals surface area contributed by atoms with Crippen LogP contribution in [-0.4, -0.2) is 0 Å². The average molecular weight is 181 g/mol. The monoisotopic (exact) mass is 181 g/mol. The van der Waals surface area contributed by atoms with Crippen LogP contribution in [0.25, 0.3) is 0 Å². The summed E-state index contributed by atoms with van der Waals surface area (Å²) in [5.41, 5.74) is 5.56. The molecule has 0 spiro atoms. The van der Waals surface area contributed by atoms with E-state index in [9.17, 15) is 4.39 Å². The summed E-state index contributed by atoms with van der Waals surface area (Å²) in [6.45, 7) is 5.32. The minimum Gasteiger partial charge on any atom is -0.399 e. The first-order valence-electron chi connectivity index (χ1n) is 4.49. The summed E-state index contributed by atoms with van der Waals surface area (Å²) in [6, 6.07) is 7.02. The summed E-state index contributed by atoms with van der Waals surface area (Å²) in [5, 5.41) is 0. The Morgan fingerprint density at radius 2 is 2.00 bits per heavy atom. The first kappa shape index (κ1) is 10.0. The van der Waals surface area contributed by atoms with Gasteiger partial charge in [0.15, 0.2) is 0 Å². The number of nitrogens with two attached hydrogens (primary N) is 1. The van der Waals surface area contributed by atoms with Crippen molar-refractivity contribution < 1.29 is 4.39 Å². The van der Waals surface area contributed by atoms with Gasteiger partial charge in [0.2, 0.25) is 0 Å². The Morgan fingerprint density at radius 1 is 1.38 bits per heavy atom. The summed E-state index contributed by atoms with van der Waals surface area (Å²) in [4.78, 5) is 0. The molecule has 0 aromatic heterocycles. The molecule has 2 N–H and O–H groups in total. The highest BCUT2D eigenvalue weighted by Crippen LogP contribution is 2.33. The van der Waals surface area contributed by atoms with Crippen LogP contribution >= 0.6 is 0 Å². The van der Waals surface area contributed by atoms with E-state index in [0.29, 0.717) is 11.3 Å². The molecule has 1 nitrogen and oxygen atoms in total. The van der Waals surface area contributed by atoms with Crippen LogP contribution in [0.5, 0.6) is 0 Å². The van der Waals surface area contributed by atoms with Gasteiger partial charge in [0.25, 0.3) is 0 Å². The maximum absolute atomic E-state index is 14.1. The summed E-state index contributed by atoms with van der Waals surface area (Å²) in [5.74, 6) is -0.0469. The molecule has 0 aliphatic carbocycles. The number of rotatable bonds is 2. The van der Waals surface area contributed by atoms with Crippen LogP contribution in [0.4, 0.5) is 10.1 Å². The van der Waals surface area contributed by atoms with Crippen molar-refractivity contribution in [3.05, 3.63) is 29.8 Å². The maximum atomic E-state index is 14.1. The number of nitrogen functional groups attached to an aromatic ring is 1. The standard InChI is InChI=1S/C11H16FN/c1-8(2)11(3,12)9-5-4-6-10(13)7-9/h4-8H,13H2,1-3H3. The van der Waals surface area contributed by atoms with Gasteiger partial charge in [-0.25, -0.2) is 4.39 Å². The van der Waals surface area contributed by atoms with E-state index in [1.807, 2.05) is 13.8 Å². The molecule has 2 heteroatoms. The molecule has 0 aliphatic rings. The quantitative estimate of drug-likeness (QED) is 0.697. The lowest BCUT2D eigenvalue weighted by Crippen LogP contribution is -2.22. The van der Waals surface area contributed by atoms with Crippen LogP contribution in [0.2, 0.25) is 0 Å². The second-order valence-electron chi connectivity index (χ2n) is 3.86. The topological polar surface area (TPSA) is 26.0 Å². The molecule has 13 heavy (non-hydrogen) atoms. The van der Waals surface area contributed by atoms with Crippen molar-refractivity contribution in [3.63, 3.8) is 0 Å². The first-order valence-corrected chi connectivity index (χ1v) is 4.49. The van der Waals surface area contributed by atoms with Crippen LogP contribution < -0.4 is 5.73 Å². The predicted molar refractivity (Wildman–Crippen MR) is 54.2 cm³/mol. The molecule has 72 valence electrons. The molecule has 1 rings (SSSR count). The minimum atomic E-state index is -1.30. The number of halogens is 1. The van der Waals surface area contributed by atoms with E-state index >= 15 is 0 Å². The maximum Gasteiger partial charge on any atom is 0.135 e. The molecule has 0 aliphatic heterocycles. The fraction of sp³-hybridized carbons (Fsp3) is 0.455. The van der Waals surface area contributed by atoms with Gasteiger partial charge in [-0.1, -0.05) is 26.0 Å². The SMILES string of the molecule is CC(C)C(C)(F)c1cccc(N)c1. The normalized spacial score (nSPS) is 15.8. The van der Waals surface area contributed by atoms with E-state index in [4.69, 9.17) is 5.73 Å². The summed E-state index contributed by atoms with van der Waals surface area (Å²) < 4.78 is 14.1. The first-order chi connectivity index (χ1) is 5.94. The van der Waals surface area contributed by atoms with Gasteiger partial charge in [0.05, 0.1) is 0 Å². The third kappa shape index (κ3) is 2.00.